The van der Waals surface area contributed by atoms with Crippen LogP contribution >= 0.6 is 0 Å². The third-order valence-corrected chi connectivity index (χ3v) is 8.08. The van der Waals surface area contributed by atoms with Crippen LogP contribution in [0.25, 0.3) is 0 Å². The van der Waals surface area contributed by atoms with Crippen molar-refractivity contribution in [1.29, 1.82) is 5.26 Å². The maximum Gasteiger partial charge on any atom is 0.0692 e. The van der Waals surface area contributed by atoms with Crippen molar-refractivity contribution in [2.75, 3.05) is 0 Å². The fourth-order valence-corrected chi connectivity index (χ4v) is 6.71. The predicted octanol–water partition coefficient (Wildman–Crippen LogP) is 7.12. The average molecular weight is 330 g/mol. The first-order chi connectivity index (χ1) is 11.7. The summed E-state index contributed by atoms with van der Waals surface area (Å²) in [5, 5.41) is 10.0. The lowest BCUT2D eigenvalue weighted by Gasteiger charge is -2.50. The van der Waals surface area contributed by atoms with Gasteiger partial charge in [-0.05, 0) is 74.5 Å². The van der Waals surface area contributed by atoms with E-state index in [0.717, 1.165) is 29.6 Å². The highest BCUT2D eigenvalue weighted by atomic mass is 14.5. The van der Waals surface area contributed by atoms with Gasteiger partial charge in [-0.15, -0.1) is 0 Å². The Labute approximate surface area is 150 Å². The Bertz CT molecular complexity index is 428. The molecule has 0 aliphatic heterocycles. The van der Waals surface area contributed by atoms with E-state index in [-0.39, 0.29) is 5.41 Å². The van der Waals surface area contributed by atoms with Crippen molar-refractivity contribution in [3.05, 3.63) is 0 Å². The van der Waals surface area contributed by atoms with Gasteiger partial charge in [0.1, 0.15) is 0 Å². The predicted molar refractivity (Wildman–Crippen MR) is 101 cm³/mol. The van der Waals surface area contributed by atoms with Gasteiger partial charge in [0.25, 0.3) is 0 Å². The van der Waals surface area contributed by atoms with Crippen LogP contribution in [0.2, 0.25) is 0 Å². The molecule has 1 nitrogen and oxygen atoms in total. The number of hydrogen-bond acceptors (Lipinski definition) is 1. The summed E-state index contributed by atoms with van der Waals surface area (Å²) in [6.07, 6.45) is 19.3. The molecular weight excluding hydrogens is 290 g/mol. The molecule has 3 rings (SSSR count). The Kier molecular flexibility index (Phi) is 6.28. The van der Waals surface area contributed by atoms with Gasteiger partial charge in [-0.2, -0.15) is 5.26 Å². The van der Waals surface area contributed by atoms with Crippen LogP contribution in [-0.4, -0.2) is 0 Å². The molecule has 1 heteroatoms. The molecule has 0 aromatic rings. The molecule has 0 bridgehead atoms. The van der Waals surface area contributed by atoms with E-state index in [2.05, 4.69) is 19.9 Å². The molecule has 0 aromatic carbocycles. The first kappa shape index (κ1) is 18.3. The van der Waals surface area contributed by atoms with Crippen LogP contribution in [0.5, 0.6) is 0 Å². The lowest BCUT2D eigenvalue weighted by atomic mass is 9.53. The van der Waals surface area contributed by atoms with Crippen LogP contribution in [-0.2, 0) is 0 Å². The third-order valence-electron chi connectivity index (χ3n) is 8.08. The summed E-state index contributed by atoms with van der Waals surface area (Å²) >= 11 is 0. The van der Waals surface area contributed by atoms with Crippen LogP contribution in [0, 0.1) is 46.3 Å². The molecule has 0 saturated heterocycles. The molecular formula is C23H39N. The summed E-state index contributed by atoms with van der Waals surface area (Å²) in [6.45, 7) is 4.64. The molecule has 0 amide bonds. The number of nitrogens with zero attached hydrogens (tertiary/aromatic N) is 1. The van der Waals surface area contributed by atoms with Crippen molar-refractivity contribution in [3.8, 4) is 6.07 Å². The van der Waals surface area contributed by atoms with Crippen molar-refractivity contribution >= 4 is 0 Å². The zero-order valence-electron chi connectivity index (χ0n) is 16.2. The molecule has 0 radical (unpaired) electrons. The van der Waals surface area contributed by atoms with Gasteiger partial charge in [-0.25, -0.2) is 0 Å². The Morgan fingerprint density at radius 1 is 0.833 bits per heavy atom. The van der Waals surface area contributed by atoms with Gasteiger partial charge in [-0.3, -0.25) is 0 Å². The number of nitriles is 1. The topological polar surface area (TPSA) is 23.8 Å². The van der Waals surface area contributed by atoms with E-state index in [1.54, 1.807) is 0 Å². The van der Waals surface area contributed by atoms with Crippen molar-refractivity contribution in [3.63, 3.8) is 0 Å². The Balaban J connectivity index is 1.56. The first-order valence-corrected chi connectivity index (χ1v) is 11.1. The quantitative estimate of drug-likeness (QED) is 0.526. The molecule has 3 fully saturated rings. The minimum absolute atomic E-state index is 0.0635. The van der Waals surface area contributed by atoms with Crippen LogP contribution in [0.1, 0.15) is 104 Å². The fraction of sp³-hybridized carbons (Fsp3) is 0.957. The minimum atomic E-state index is 0.0635. The largest absolute Gasteiger partial charge is 0.198 e. The lowest BCUT2D eigenvalue weighted by Crippen LogP contribution is -2.42. The Morgan fingerprint density at radius 2 is 1.50 bits per heavy atom. The zero-order valence-corrected chi connectivity index (χ0v) is 16.2. The van der Waals surface area contributed by atoms with Gasteiger partial charge < -0.3 is 0 Å². The number of hydrogen-bond donors (Lipinski definition) is 0. The van der Waals surface area contributed by atoms with Crippen LogP contribution in [0.4, 0.5) is 0 Å². The second kappa shape index (κ2) is 8.25. The number of fused-ring (bicyclic) bond motifs is 1. The summed E-state index contributed by atoms with van der Waals surface area (Å²) in [6, 6.07) is 2.86. The van der Waals surface area contributed by atoms with Crippen LogP contribution in [0.15, 0.2) is 0 Å². The standard InChI is InChI=1S/C23H39N/c1-3-5-18-7-10-20(11-8-18)21-13-14-23(17-24)16-19(6-4-2)9-12-22(23)15-21/h18-22H,3-16H2,1-2H3. The van der Waals surface area contributed by atoms with E-state index in [0.29, 0.717) is 0 Å². The molecule has 136 valence electrons. The normalized spacial score (nSPS) is 43.0. The summed E-state index contributed by atoms with van der Waals surface area (Å²) < 4.78 is 0. The second-order valence-corrected chi connectivity index (χ2v) is 9.50. The van der Waals surface area contributed by atoms with Gasteiger partial charge >= 0.3 is 0 Å². The second-order valence-electron chi connectivity index (χ2n) is 9.50. The highest BCUT2D eigenvalue weighted by Gasteiger charge is 2.48. The molecule has 24 heavy (non-hydrogen) atoms. The molecule has 3 saturated carbocycles. The zero-order chi connectivity index (χ0) is 17.0. The van der Waals surface area contributed by atoms with Gasteiger partial charge in [0.05, 0.1) is 11.5 Å². The molecule has 4 atom stereocenters. The van der Waals surface area contributed by atoms with Crippen molar-refractivity contribution in [1.82, 2.24) is 0 Å². The van der Waals surface area contributed by atoms with Crippen molar-refractivity contribution in [2.45, 2.75) is 104 Å². The van der Waals surface area contributed by atoms with E-state index in [9.17, 15) is 5.26 Å². The summed E-state index contributed by atoms with van der Waals surface area (Å²) in [7, 11) is 0. The summed E-state index contributed by atoms with van der Waals surface area (Å²) in [5.74, 6) is 4.53. The van der Waals surface area contributed by atoms with Gasteiger partial charge in [-0.1, -0.05) is 58.8 Å². The summed E-state index contributed by atoms with van der Waals surface area (Å²) in [5.41, 5.74) is 0.0635. The molecule has 4 unspecified atom stereocenters. The molecule has 0 aromatic heterocycles. The minimum Gasteiger partial charge on any atom is -0.198 e. The number of rotatable bonds is 5. The SMILES string of the molecule is CCCC1CCC(C2CCC3(C#N)CC(CCC)CCC3C2)CC1. The van der Waals surface area contributed by atoms with Gasteiger partial charge in [0.2, 0.25) is 0 Å². The molecule has 3 aliphatic rings. The van der Waals surface area contributed by atoms with Gasteiger partial charge in [0, 0.05) is 0 Å². The van der Waals surface area contributed by atoms with Crippen molar-refractivity contribution < 1.29 is 0 Å². The van der Waals surface area contributed by atoms with E-state index in [1.807, 2.05) is 0 Å². The lowest BCUT2D eigenvalue weighted by molar-refractivity contribution is 0.0150. The maximum atomic E-state index is 10.0. The summed E-state index contributed by atoms with van der Waals surface area (Å²) in [4.78, 5) is 0. The van der Waals surface area contributed by atoms with Gasteiger partial charge in [0.15, 0.2) is 0 Å². The van der Waals surface area contributed by atoms with Crippen molar-refractivity contribution in [2.24, 2.45) is 35.0 Å². The van der Waals surface area contributed by atoms with E-state index >= 15 is 0 Å². The first-order valence-electron chi connectivity index (χ1n) is 11.1. The molecule has 3 aliphatic carbocycles. The van der Waals surface area contributed by atoms with E-state index in [1.165, 1.54) is 89.9 Å². The maximum absolute atomic E-state index is 10.0. The van der Waals surface area contributed by atoms with Crippen LogP contribution in [0.3, 0.4) is 0 Å². The molecule has 0 spiro atoms. The highest BCUT2D eigenvalue weighted by molar-refractivity contribution is 5.09. The third kappa shape index (κ3) is 3.84. The highest BCUT2D eigenvalue weighted by Crippen LogP contribution is 2.56. The smallest absolute Gasteiger partial charge is 0.0692 e. The molecule has 0 heterocycles. The van der Waals surface area contributed by atoms with E-state index < -0.39 is 0 Å². The molecule has 0 N–H and O–H groups in total. The average Bonchev–Trinajstić information content (AvgIpc) is 2.62. The fourth-order valence-electron chi connectivity index (χ4n) is 6.71. The van der Waals surface area contributed by atoms with E-state index in [4.69, 9.17) is 0 Å². The van der Waals surface area contributed by atoms with Crippen LogP contribution < -0.4 is 0 Å². The monoisotopic (exact) mass is 329 g/mol. The Hall–Kier alpha value is -0.510. The Morgan fingerprint density at radius 3 is 2.17 bits per heavy atom.